The number of carbonyl (C=O) groups is 2. The molecule has 1 fully saturated rings. The number of nitrogens with one attached hydrogen (secondary N) is 1. The summed E-state index contributed by atoms with van der Waals surface area (Å²) in [5.74, 6) is -0.0390. The fraction of sp³-hybridized carbons (Fsp3) is 0.818. The molecular weight excluding hydrogens is 208 g/mol. The van der Waals surface area contributed by atoms with E-state index in [0.29, 0.717) is 0 Å². The topological polar surface area (TPSA) is 58.6 Å². The van der Waals surface area contributed by atoms with Crippen LogP contribution in [0.15, 0.2) is 0 Å². The molecule has 1 aliphatic heterocycles. The molecule has 1 rings (SSSR count). The third-order valence-electron chi connectivity index (χ3n) is 2.03. The van der Waals surface area contributed by atoms with Crippen LogP contribution in [-0.4, -0.2) is 43.6 Å². The first-order valence-corrected chi connectivity index (χ1v) is 5.75. The predicted octanol–water partition coefficient (Wildman–Crippen LogP) is 1.38. The van der Waals surface area contributed by atoms with Crippen molar-refractivity contribution >= 4 is 12.0 Å². The summed E-state index contributed by atoms with van der Waals surface area (Å²) in [5.41, 5.74) is 0. The van der Waals surface area contributed by atoms with Crippen LogP contribution in [-0.2, 0) is 9.53 Å². The molecule has 94 valence electrons. The molecule has 0 aromatic heterocycles. The average Bonchev–Trinajstić information content (AvgIpc) is 2.80. The van der Waals surface area contributed by atoms with Crippen molar-refractivity contribution in [2.24, 2.45) is 0 Å². The van der Waals surface area contributed by atoms with E-state index in [1.54, 1.807) is 4.90 Å². The minimum Gasteiger partial charge on any atom is -0.453 e. The quantitative estimate of drug-likeness (QED) is 0.779. The van der Waals surface area contributed by atoms with Crippen molar-refractivity contribution in [3.63, 3.8) is 0 Å². The lowest BCUT2D eigenvalue weighted by Gasteiger charge is -2.14. The summed E-state index contributed by atoms with van der Waals surface area (Å²) < 4.78 is 4.34. The zero-order chi connectivity index (χ0) is 12.4. The number of carbonyl (C=O) groups excluding carboxylic acids is 2. The number of likely N-dealkylation sites (tertiary alicyclic amines) is 1. The Labute approximate surface area is 97.1 Å². The number of nitrogens with zero attached hydrogens (tertiary/aromatic N) is 1. The van der Waals surface area contributed by atoms with E-state index in [4.69, 9.17) is 0 Å². The van der Waals surface area contributed by atoms with E-state index in [9.17, 15) is 9.59 Å². The highest BCUT2D eigenvalue weighted by atomic mass is 16.5. The Hall–Kier alpha value is -1.26. The summed E-state index contributed by atoms with van der Waals surface area (Å²) in [6.07, 6.45) is 2.81. The Morgan fingerprint density at radius 2 is 1.75 bits per heavy atom. The molecule has 0 unspecified atom stereocenters. The van der Waals surface area contributed by atoms with Crippen LogP contribution in [0.4, 0.5) is 4.79 Å². The molecule has 0 aromatic rings. The SMILES string of the molecule is CCC.COC(=O)NCC(=O)N1CCCC1. The molecular formula is C11H22N2O3. The number of amides is 2. The Morgan fingerprint density at radius 3 is 2.19 bits per heavy atom. The summed E-state index contributed by atoms with van der Waals surface area (Å²) in [6.45, 7) is 5.90. The van der Waals surface area contributed by atoms with Gasteiger partial charge in [-0.05, 0) is 12.8 Å². The molecule has 1 heterocycles. The van der Waals surface area contributed by atoms with Gasteiger partial charge in [-0.2, -0.15) is 0 Å². The fourth-order valence-corrected chi connectivity index (χ4v) is 1.30. The van der Waals surface area contributed by atoms with Crippen LogP contribution < -0.4 is 5.32 Å². The van der Waals surface area contributed by atoms with Crippen LogP contribution in [0.2, 0.25) is 0 Å². The van der Waals surface area contributed by atoms with Crippen LogP contribution >= 0.6 is 0 Å². The first-order chi connectivity index (χ1) is 7.65. The van der Waals surface area contributed by atoms with E-state index in [1.807, 2.05) is 0 Å². The summed E-state index contributed by atoms with van der Waals surface area (Å²) in [5, 5.41) is 2.36. The summed E-state index contributed by atoms with van der Waals surface area (Å²) in [4.78, 5) is 23.7. The van der Waals surface area contributed by atoms with E-state index < -0.39 is 6.09 Å². The maximum Gasteiger partial charge on any atom is 0.407 e. The van der Waals surface area contributed by atoms with Gasteiger partial charge in [-0.1, -0.05) is 20.3 Å². The molecule has 0 radical (unpaired) electrons. The normalized spacial score (nSPS) is 13.8. The van der Waals surface area contributed by atoms with Gasteiger partial charge < -0.3 is 15.0 Å². The van der Waals surface area contributed by atoms with E-state index >= 15 is 0 Å². The highest BCUT2D eigenvalue weighted by Gasteiger charge is 2.17. The standard InChI is InChI=1S/C8H14N2O3.C3H8/c1-13-8(12)9-6-7(11)10-4-2-3-5-10;1-3-2/h2-6H2,1H3,(H,9,12);3H2,1-2H3. The van der Waals surface area contributed by atoms with Gasteiger partial charge in [0.1, 0.15) is 6.54 Å². The minimum atomic E-state index is -0.562. The van der Waals surface area contributed by atoms with E-state index in [-0.39, 0.29) is 12.5 Å². The maximum atomic E-state index is 11.3. The van der Waals surface area contributed by atoms with Gasteiger partial charge in [-0.25, -0.2) is 4.79 Å². The monoisotopic (exact) mass is 230 g/mol. The van der Waals surface area contributed by atoms with Crippen molar-refractivity contribution < 1.29 is 14.3 Å². The van der Waals surface area contributed by atoms with E-state index in [2.05, 4.69) is 23.9 Å². The van der Waals surface area contributed by atoms with Crippen molar-refractivity contribution in [3.05, 3.63) is 0 Å². The molecule has 0 spiro atoms. The molecule has 0 aliphatic carbocycles. The largest absolute Gasteiger partial charge is 0.453 e. The molecule has 0 aromatic carbocycles. The van der Waals surface area contributed by atoms with Crippen LogP contribution in [0.25, 0.3) is 0 Å². The number of hydrogen-bond acceptors (Lipinski definition) is 3. The zero-order valence-electron chi connectivity index (χ0n) is 10.4. The second-order valence-corrected chi connectivity index (χ2v) is 3.64. The highest BCUT2D eigenvalue weighted by molar-refractivity contribution is 5.82. The van der Waals surface area contributed by atoms with Gasteiger partial charge in [0, 0.05) is 13.1 Å². The number of alkyl carbamates (subject to hydrolysis) is 1. The molecule has 0 saturated carbocycles. The first-order valence-electron chi connectivity index (χ1n) is 5.75. The first kappa shape index (κ1) is 14.7. The molecule has 1 aliphatic rings. The number of methoxy groups -OCH3 is 1. The Bertz CT molecular complexity index is 213. The summed E-state index contributed by atoms with van der Waals surface area (Å²) >= 11 is 0. The van der Waals surface area contributed by atoms with Gasteiger partial charge >= 0.3 is 6.09 Å². The van der Waals surface area contributed by atoms with E-state index in [0.717, 1.165) is 25.9 Å². The lowest BCUT2D eigenvalue weighted by atomic mass is 10.4. The molecule has 1 saturated heterocycles. The molecule has 5 heteroatoms. The zero-order valence-corrected chi connectivity index (χ0v) is 10.4. The third kappa shape index (κ3) is 6.27. The highest BCUT2D eigenvalue weighted by Crippen LogP contribution is 2.06. The van der Waals surface area contributed by atoms with Gasteiger partial charge in [-0.3, -0.25) is 4.79 Å². The van der Waals surface area contributed by atoms with Gasteiger partial charge in [-0.15, -0.1) is 0 Å². The lowest BCUT2D eigenvalue weighted by Crippen LogP contribution is -2.38. The van der Waals surface area contributed by atoms with Crippen molar-refractivity contribution in [3.8, 4) is 0 Å². The second-order valence-electron chi connectivity index (χ2n) is 3.64. The average molecular weight is 230 g/mol. The molecule has 0 bridgehead atoms. The number of hydrogen-bond donors (Lipinski definition) is 1. The van der Waals surface area contributed by atoms with Gasteiger partial charge in [0.25, 0.3) is 0 Å². The van der Waals surface area contributed by atoms with Crippen molar-refractivity contribution in [1.29, 1.82) is 0 Å². The van der Waals surface area contributed by atoms with Crippen molar-refractivity contribution in [2.45, 2.75) is 33.1 Å². The lowest BCUT2D eigenvalue weighted by molar-refractivity contribution is -0.129. The van der Waals surface area contributed by atoms with Crippen molar-refractivity contribution in [1.82, 2.24) is 10.2 Å². The minimum absolute atomic E-state index is 0.0344. The van der Waals surface area contributed by atoms with E-state index in [1.165, 1.54) is 13.5 Å². The molecule has 5 nitrogen and oxygen atoms in total. The molecule has 2 amide bonds. The van der Waals surface area contributed by atoms with Gasteiger partial charge in [0.05, 0.1) is 7.11 Å². The van der Waals surface area contributed by atoms with Crippen LogP contribution in [0, 0.1) is 0 Å². The van der Waals surface area contributed by atoms with Crippen LogP contribution in [0.3, 0.4) is 0 Å². The fourth-order valence-electron chi connectivity index (χ4n) is 1.30. The molecule has 1 N–H and O–H groups in total. The van der Waals surface area contributed by atoms with Gasteiger partial charge in [0.15, 0.2) is 0 Å². The Kier molecular flexibility index (Phi) is 8.29. The molecule has 16 heavy (non-hydrogen) atoms. The molecule has 0 atom stereocenters. The van der Waals surface area contributed by atoms with Crippen molar-refractivity contribution in [2.75, 3.05) is 26.7 Å². The predicted molar refractivity (Wildman–Crippen MR) is 62.2 cm³/mol. The summed E-state index contributed by atoms with van der Waals surface area (Å²) in [7, 11) is 1.27. The Morgan fingerprint density at radius 1 is 1.25 bits per heavy atom. The second kappa shape index (κ2) is 9.00. The van der Waals surface area contributed by atoms with Crippen LogP contribution in [0.1, 0.15) is 33.1 Å². The Balaban J connectivity index is 0.000000673. The van der Waals surface area contributed by atoms with Crippen LogP contribution in [0.5, 0.6) is 0 Å². The number of ether oxygens (including phenoxy) is 1. The third-order valence-corrected chi connectivity index (χ3v) is 2.03. The van der Waals surface area contributed by atoms with Gasteiger partial charge in [0.2, 0.25) is 5.91 Å². The smallest absolute Gasteiger partial charge is 0.407 e. The summed E-state index contributed by atoms with van der Waals surface area (Å²) in [6, 6.07) is 0. The maximum absolute atomic E-state index is 11.3. The number of rotatable bonds is 2.